The molecule has 0 spiro atoms. The van der Waals surface area contributed by atoms with Gasteiger partial charge >= 0.3 is 5.97 Å². The molecule has 0 radical (unpaired) electrons. The molecule has 7 nitrogen and oxygen atoms in total. The number of aliphatic hydroxyl groups is 1. The zero-order valence-corrected chi connectivity index (χ0v) is 14.8. The molecule has 7 heteroatoms. The van der Waals surface area contributed by atoms with Crippen molar-refractivity contribution >= 4 is 11.9 Å². The van der Waals surface area contributed by atoms with Crippen LogP contribution in [0, 0.1) is 0 Å². The van der Waals surface area contributed by atoms with Crippen LogP contribution in [0.15, 0.2) is 41.8 Å². The molecule has 0 saturated carbocycles. The number of rotatable bonds is 7. The molecular formula is C19H24N2O5. The van der Waals surface area contributed by atoms with E-state index >= 15 is 0 Å². The van der Waals surface area contributed by atoms with E-state index in [4.69, 9.17) is 9.47 Å². The lowest BCUT2D eigenvalue weighted by Gasteiger charge is -2.27. The molecule has 0 aliphatic carbocycles. The molecule has 0 aromatic heterocycles. The highest BCUT2D eigenvalue weighted by Gasteiger charge is 2.54. The van der Waals surface area contributed by atoms with E-state index in [1.165, 1.54) is 7.05 Å². The Morgan fingerprint density at radius 3 is 2.73 bits per heavy atom. The molecule has 3 N–H and O–H groups in total. The number of carbonyl (C=O) groups is 2. The Morgan fingerprint density at radius 1 is 1.35 bits per heavy atom. The fourth-order valence-corrected chi connectivity index (χ4v) is 3.33. The van der Waals surface area contributed by atoms with Crippen molar-refractivity contribution in [2.75, 3.05) is 20.2 Å². The van der Waals surface area contributed by atoms with Crippen LogP contribution in [-0.4, -0.2) is 48.9 Å². The zero-order valence-electron chi connectivity index (χ0n) is 14.8. The summed E-state index contributed by atoms with van der Waals surface area (Å²) in [7, 11) is 1.50. The molecule has 2 aliphatic rings. The number of carbonyl (C=O) groups excluding carboxylic acids is 2. The summed E-state index contributed by atoms with van der Waals surface area (Å²) in [5.74, 6) is -1.63. The lowest BCUT2D eigenvalue weighted by Crippen LogP contribution is -2.50. The molecule has 140 valence electrons. The van der Waals surface area contributed by atoms with Gasteiger partial charge < -0.3 is 25.2 Å². The number of hydrogen-bond donors (Lipinski definition) is 3. The Labute approximate surface area is 152 Å². The number of cyclic esters (lactones) is 1. The topological polar surface area (TPSA) is 96.9 Å². The van der Waals surface area contributed by atoms with Crippen molar-refractivity contribution in [1.29, 1.82) is 0 Å². The normalized spacial score (nSPS) is 25.3. The number of ether oxygens (including phenoxy) is 2. The smallest absolute Gasteiger partial charge is 0.359 e. The van der Waals surface area contributed by atoms with E-state index in [0.717, 1.165) is 18.4 Å². The Bertz CT molecular complexity index is 697. The number of benzene rings is 1. The van der Waals surface area contributed by atoms with E-state index in [-0.39, 0.29) is 24.0 Å². The molecule has 26 heavy (non-hydrogen) atoms. The first-order valence-electron chi connectivity index (χ1n) is 8.85. The number of aryl methyl sites for hydroxylation is 1. The Morgan fingerprint density at radius 2 is 2.12 bits per heavy atom. The van der Waals surface area contributed by atoms with Gasteiger partial charge in [-0.25, -0.2) is 4.79 Å². The van der Waals surface area contributed by atoms with Gasteiger partial charge in [0.05, 0.1) is 6.10 Å². The van der Waals surface area contributed by atoms with Gasteiger partial charge in [-0.1, -0.05) is 30.3 Å². The summed E-state index contributed by atoms with van der Waals surface area (Å²) in [6.07, 6.45) is 2.42. The van der Waals surface area contributed by atoms with Crippen LogP contribution in [-0.2, 0) is 25.5 Å². The highest BCUT2D eigenvalue weighted by atomic mass is 16.6. The minimum atomic E-state index is -1.72. The third-order valence-electron chi connectivity index (χ3n) is 4.83. The van der Waals surface area contributed by atoms with E-state index in [2.05, 4.69) is 10.6 Å². The highest BCUT2D eigenvalue weighted by Crippen LogP contribution is 2.34. The van der Waals surface area contributed by atoms with E-state index < -0.39 is 17.5 Å². The molecule has 1 fully saturated rings. The second-order valence-electron chi connectivity index (χ2n) is 6.52. The van der Waals surface area contributed by atoms with Crippen LogP contribution >= 0.6 is 0 Å². The van der Waals surface area contributed by atoms with Crippen LogP contribution in [0.4, 0.5) is 0 Å². The number of likely N-dealkylation sites (N-methyl/N-ethyl adjacent to an activating group) is 1. The maximum Gasteiger partial charge on any atom is 0.359 e. The molecular weight excluding hydrogens is 336 g/mol. The van der Waals surface area contributed by atoms with E-state index in [1.807, 2.05) is 30.3 Å². The van der Waals surface area contributed by atoms with Gasteiger partial charge in [0.2, 0.25) is 5.60 Å². The standard InChI is InChI=1S/C19H24N2O5/c1-20-15-16(22)19(26-17(15)23,10-9-13-6-3-2-4-7-13)18(24)21-12-14-8-5-11-25-14/h2-4,6-7,14,20,22H,5,8-12H2,1H3,(H,21,24). The van der Waals surface area contributed by atoms with Crippen LogP contribution < -0.4 is 10.6 Å². The average Bonchev–Trinajstić information content (AvgIpc) is 3.25. The van der Waals surface area contributed by atoms with Gasteiger partial charge in [0.15, 0.2) is 11.5 Å². The molecule has 1 aromatic rings. The number of nitrogens with one attached hydrogen (secondary N) is 2. The zero-order chi connectivity index (χ0) is 18.6. The predicted octanol–water partition coefficient (Wildman–Crippen LogP) is 1.20. The van der Waals surface area contributed by atoms with Crippen LogP contribution in [0.2, 0.25) is 0 Å². The highest BCUT2D eigenvalue weighted by molar-refractivity contribution is 6.00. The second kappa shape index (κ2) is 7.78. The fourth-order valence-electron chi connectivity index (χ4n) is 3.33. The fraction of sp³-hybridized carbons (Fsp3) is 0.474. The average molecular weight is 360 g/mol. The van der Waals surface area contributed by atoms with Gasteiger partial charge in [-0.05, 0) is 24.8 Å². The summed E-state index contributed by atoms with van der Waals surface area (Å²) < 4.78 is 10.9. The van der Waals surface area contributed by atoms with Crippen molar-refractivity contribution in [3.63, 3.8) is 0 Å². The Hall–Kier alpha value is -2.54. The van der Waals surface area contributed by atoms with Gasteiger partial charge in [-0.15, -0.1) is 0 Å². The monoisotopic (exact) mass is 360 g/mol. The van der Waals surface area contributed by atoms with Crippen molar-refractivity contribution < 1.29 is 24.2 Å². The minimum absolute atomic E-state index is 0.0443. The van der Waals surface area contributed by atoms with Gasteiger partial charge in [-0.3, -0.25) is 4.79 Å². The quantitative estimate of drug-likeness (QED) is 0.632. The lowest BCUT2D eigenvalue weighted by molar-refractivity contribution is -0.160. The van der Waals surface area contributed by atoms with Gasteiger partial charge in [-0.2, -0.15) is 0 Å². The van der Waals surface area contributed by atoms with Crippen molar-refractivity contribution in [2.45, 2.75) is 37.4 Å². The van der Waals surface area contributed by atoms with E-state index in [1.54, 1.807) is 0 Å². The first kappa shape index (κ1) is 18.3. The SMILES string of the molecule is CNC1=C(O)C(CCc2ccccc2)(C(=O)NCC2CCCO2)OC1=O. The van der Waals surface area contributed by atoms with Gasteiger partial charge in [0, 0.05) is 26.6 Å². The number of aliphatic hydroxyl groups excluding tert-OH is 1. The summed E-state index contributed by atoms with van der Waals surface area (Å²) in [6, 6.07) is 9.55. The van der Waals surface area contributed by atoms with Gasteiger partial charge in [0.25, 0.3) is 5.91 Å². The van der Waals surface area contributed by atoms with E-state index in [0.29, 0.717) is 19.6 Å². The summed E-state index contributed by atoms with van der Waals surface area (Å²) >= 11 is 0. The Balaban J connectivity index is 1.78. The lowest BCUT2D eigenvalue weighted by atomic mass is 9.91. The molecule has 2 aliphatic heterocycles. The number of esters is 1. The molecule has 3 rings (SSSR count). The second-order valence-corrected chi connectivity index (χ2v) is 6.52. The molecule has 2 unspecified atom stereocenters. The predicted molar refractivity (Wildman–Crippen MR) is 94.3 cm³/mol. The van der Waals surface area contributed by atoms with Crippen LogP contribution in [0.3, 0.4) is 0 Å². The molecule has 1 aromatic carbocycles. The maximum absolute atomic E-state index is 12.9. The van der Waals surface area contributed by atoms with E-state index in [9.17, 15) is 14.7 Å². The summed E-state index contributed by atoms with van der Waals surface area (Å²) in [5, 5.41) is 16.0. The van der Waals surface area contributed by atoms with Crippen LogP contribution in [0.5, 0.6) is 0 Å². The summed E-state index contributed by atoms with van der Waals surface area (Å²) in [5.41, 5.74) is -0.810. The minimum Gasteiger partial charge on any atom is -0.506 e. The molecule has 1 saturated heterocycles. The molecule has 1 amide bonds. The van der Waals surface area contributed by atoms with Crippen LogP contribution in [0.1, 0.15) is 24.8 Å². The maximum atomic E-state index is 12.9. The van der Waals surface area contributed by atoms with Gasteiger partial charge in [0.1, 0.15) is 0 Å². The molecule has 2 atom stereocenters. The van der Waals surface area contributed by atoms with Crippen molar-refractivity contribution in [3.05, 3.63) is 47.4 Å². The van der Waals surface area contributed by atoms with Crippen molar-refractivity contribution in [2.24, 2.45) is 0 Å². The largest absolute Gasteiger partial charge is 0.506 e. The molecule has 0 bridgehead atoms. The first-order valence-corrected chi connectivity index (χ1v) is 8.85. The van der Waals surface area contributed by atoms with Crippen LogP contribution in [0.25, 0.3) is 0 Å². The summed E-state index contributed by atoms with van der Waals surface area (Å²) in [6.45, 7) is 1.01. The third-order valence-corrected chi connectivity index (χ3v) is 4.83. The number of hydrogen-bond acceptors (Lipinski definition) is 6. The third kappa shape index (κ3) is 3.53. The summed E-state index contributed by atoms with van der Waals surface area (Å²) in [4.78, 5) is 25.0. The van der Waals surface area contributed by atoms with Crippen molar-refractivity contribution in [1.82, 2.24) is 10.6 Å². The Kier molecular flexibility index (Phi) is 5.46. The number of amides is 1. The molecule has 2 heterocycles. The first-order chi connectivity index (χ1) is 12.6. The van der Waals surface area contributed by atoms with Crippen molar-refractivity contribution in [3.8, 4) is 0 Å².